The van der Waals surface area contributed by atoms with E-state index in [0.717, 1.165) is 19.4 Å². The summed E-state index contributed by atoms with van der Waals surface area (Å²) in [6.07, 6.45) is 1.75. The van der Waals surface area contributed by atoms with Gasteiger partial charge in [0.25, 0.3) is 0 Å². The van der Waals surface area contributed by atoms with Crippen LogP contribution in [0.15, 0.2) is 18.2 Å². The van der Waals surface area contributed by atoms with Crippen molar-refractivity contribution in [1.29, 1.82) is 0 Å². The number of hydrogen-bond acceptors (Lipinski definition) is 3. The highest BCUT2D eigenvalue weighted by Crippen LogP contribution is 2.21. The van der Waals surface area contributed by atoms with Crippen molar-refractivity contribution in [2.45, 2.75) is 25.3 Å². The van der Waals surface area contributed by atoms with E-state index < -0.39 is 5.82 Å². The van der Waals surface area contributed by atoms with Crippen LogP contribution in [0, 0.1) is 5.82 Å². The Morgan fingerprint density at radius 1 is 1.33 bits per heavy atom. The lowest BCUT2D eigenvalue weighted by atomic mass is 10.0. The van der Waals surface area contributed by atoms with Crippen molar-refractivity contribution in [1.82, 2.24) is 15.1 Å². The molecule has 2 aliphatic heterocycles. The fourth-order valence-electron chi connectivity index (χ4n) is 3.37. The molecule has 130 valence electrons. The minimum Gasteiger partial charge on any atom is -0.494 e. The molecule has 2 fully saturated rings. The summed E-state index contributed by atoms with van der Waals surface area (Å²) in [5, 5.41) is 2.81. The molecule has 24 heavy (non-hydrogen) atoms. The number of rotatable bonds is 4. The van der Waals surface area contributed by atoms with Crippen LogP contribution in [-0.2, 0) is 11.2 Å². The van der Waals surface area contributed by atoms with Gasteiger partial charge in [-0.05, 0) is 30.5 Å². The van der Waals surface area contributed by atoms with E-state index in [0.29, 0.717) is 25.2 Å². The number of benzene rings is 1. The van der Waals surface area contributed by atoms with Gasteiger partial charge in [-0.15, -0.1) is 0 Å². The Kier molecular flexibility index (Phi) is 4.87. The number of ether oxygens (including phenoxy) is 1. The van der Waals surface area contributed by atoms with Crippen molar-refractivity contribution in [3.63, 3.8) is 0 Å². The lowest BCUT2D eigenvalue weighted by Crippen LogP contribution is -2.48. The van der Waals surface area contributed by atoms with E-state index >= 15 is 0 Å². The van der Waals surface area contributed by atoms with Gasteiger partial charge in [-0.2, -0.15) is 0 Å². The first kappa shape index (κ1) is 16.5. The number of nitrogens with zero attached hydrogens (tertiary/aromatic N) is 2. The second kappa shape index (κ2) is 7.07. The Balaban J connectivity index is 1.53. The second-order valence-electron chi connectivity index (χ2n) is 6.18. The number of hydrogen-bond donors (Lipinski definition) is 1. The Morgan fingerprint density at radius 3 is 2.67 bits per heavy atom. The van der Waals surface area contributed by atoms with Gasteiger partial charge in [0.05, 0.1) is 13.5 Å². The minimum absolute atomic E-state index is 0.00603. The molecular weight excluding hydrogens is 313 g/mol. The van der Waals surface area contributed by atoms with Crippen molar-refractivity contribution in [2.75, 3.05) is 33.3 Å². The average Bonchev–Trinajstić information content (AvgIpc) is 3.01. The predicted octanol–water partition coefficient (Wildman–Crippen LogP) is 1.39. The molecule has 0 aliphatic carbocycles. The molecule has 0 spiro atoms. The lowest BCUT2D eigenvalue weighted by molar-refractivity contribution is -0.131. The molecule has 2 saturated heterocycles. The van der Waals surface area contributed by atoms with Gasteiger partial charge in [0.1, 0.15) is 0 Å². The maximum absolute atomic E-state index is 13.7. The first-order valence-electron chi connectivity index (χ1n) is 8.23. The van der Waals surface area contributed by atoms with Gasteiger partial charge in [0.2, 0.25) is 5.91 Å². The van der Waals surface area contributed by atoms with Crippen molar-refractivity contribution in [2.24, 2.45) is 0 Å². The van der Waals surface area contributed by atoms with Crippen LogP contribution in [0.1, 0.15) is 18.4 Å². The van der Waals surface area contributed by atoms with Crippen LogP contribution in [0.25, 0.3) is 0 Å². The largest absolute Gasteiger partial charge is 0.494 e. The molecule has 0 unspecified atom stereocenters. The van der Waals surface area contributed by atoms with Gasteiger partial charge < -0.3 is 19.9 Å². The maximum atomic E-state index is 13.7. The quantitative estimate of drug-likeness (QED) is 0.905. The average molecular weight is 335 g/mol. The van der Waals surface area contributed by atoms with Gasteiger partial charge in [-0.25, -0.2) is 9.18 Å². The molecule has 0 radical (unpaired) electrons. The standard InChI is InChI=1S/C17H22FN3O3/c1-24-15-3-2-12(10-14(15)18)11-16(22)20-7-4-13(5-8-20)21-9-6-19-17(21)23/h2-3,10,13H,4-9,11H2,1H3,(H,19,23). The monoisotopic (exact) mass is 335 g/mol. The number of piperidine rings is 1. The number of carbonyl (C=O) groups is 2. The molecule has 3 rings (SSSR count). The second-order valence-corrected chi connectivity index (χ2v) is 6.18. The van der Waals surface area contributed by atoms with Crippen LogP contribution in [-0.4, -0.2) is 61.1 Å². The molecule has 2 heterocycles. The van der Waals surface area contributed by atoms with E-state index in [9.17, 15) is 14.0 Å². The fraction of sp³-hybridized carbons (Fsp3) is 0.529. The summed E-state index contributed by atoms with van der Waals surface area (Å²) in [6.45, 7) is 2.70. The van der Waals surface area contributed by atoms with Crippen molar-refractivity contribution in [3.05, 3.63) is 29.6 Å². The smallest absolute Gasteiger partial charge is 0.317 e. The zero-order valence-corrected chi connectivity index (χ0v) is 13.8. The Labute approximate surface area is 140 Å². The molecule has 1 aromatic rings. The maximum Gasteiger partial charge on any atom is 0.317 e. The number of amides is 3. The third-order valence-corrected chi connectivity index (χ3v) is 4.72. The summed E-state index contributed by atoms with van der Waals surface area (Å²) in [4.78, 5) is 27.8. The summed E-state index contributed by atoms with van der Waals surface area (Å²) in [6, 6.07) is 4.79. The van der Waals surface area contributed by atoms with Crippen LogP contribution in [0.4, 0.5) is 9.18 Å². The van der Waals surface area contributed by atoms with E-state index in [2.05, 4.69) is 5.32 Å². The van der Waals surface area contributed by atoms with Crippen molar-refractivity contribution in [3.8, 4) is 5.75 Å². The zero-order chi connectivity index (χ0) is 17.1. The van der Waals surface area contributed by atoms with Crippen LogP contribution in [0.5, 0.6) is 5.75 Å². The summed E-state index contributed by atoms with van der Waals surface area (Å²) >= 11 is 0. The zero-order valence-electron chi connectivity index (χ0n) is 13.8. The van der Waals surface area contributed by atoms with Crippen molar-refractivity contribution >= 4 is 11.9 Å². The summed E-state index contributed by atoms with van der Waals surface area (Å²) in [5.74, 6) is -0.290. The first-order valence-corrected chi connectivity index (χ1v) is 8.23. The molecule has 0 aromatic heterocycles. The van der Waals surface area contributed by atoms with E-state index in [1.165, 1.54) is 19.2 Å². The summed E-state index contributed by atoms with van der Waals surface area (Å²) in [5.41, 5.74) is 0.638. The highest BCUT2D eigenvalue weighted by atomic mass is 19.1. The predicted molar refractivity (Wildman–Crippen MR) is 86.4 cm³/mol. The molecule has 3 amide bonds. The number of halogens is 1. The normalized spacial score (nSPS) is 18.7. The van der Waals surface area contributed by atoms with Gasteiger partial charge in [0.15, 0.2) is 11.6 Å². The topological polar surface area (TPSA) is 61.9 Å². The van der Waals surface area contributed by atoms with Crippen LogP contribution in [0.3, 0.4) is 0 Å². The van der Waals surface area contributed by atoms with Gasteiger partial charge in [-0.3, -0.25) is 4.79 Å². The van der Waals surface area contributed by atoms with E-state index in [-0.39, 0.29) is 30.2 Å². The van der Waals surface area contributed by atoms with Crippen LogP contribution < -0.4 is 10.1 Å². The van der Waals surface area contributed by atoms with Gasteiger partial charge in [0, 0.05) is 32.2 Å². The number of likely N-dealkylation sites (tertiary alicyclic amines) is 1. The lowest BCUT2D eigenvalue weighted by Gasteiger charge is -2.36. The molecule has 7 heteroatoms. The van der Waals surface area contributed by atoms with Gasteiger partial charge >= 0.3 is 6.03 Å². The SMILES string of the molecule is COc1ccc(CC(=O)N2CCC(N3CCNC3=O)CC2)cc1F. The molecule has 2 aliphatic rings. The minimum atomic E-state index is -0.457. The number of urea groups is 1. The van der Waals surface area contributed by atoms with Crippen molar-refractivity contribution < 1.29 is 18.7 Å². The molecule has 0 saturated carbocycles. The van der Waals surface area contributed by atoms with E-state index in [1.807, 2.05) is 4.90 Å². The highest BCUT2D eigenvalue weighted by molar-refractivity contribution is 5.79. The van der Waals surface area contributed by atoms with E-state index in [4.69, 9.17) is 4.74 Å². The molecule has 0 atom stereocenters. The first-order chi connectivity index (χ1) is 11.6. The van der Waals surface area contributed by atoms with Crippen LogP contribution in [0.2, 0.25) is 0 Å². The number of carbonyl (C=O) groups excluding carboxylic acids is 2. The number of nitrogens with one attached hydrogen (secondary N) is 1. The van der Waals surface area contributed by atoms with E-state index in [1.54, 1.807) is 11.0 Å². The van der Waals surface area contributed by atoms with Gasteiger partial charge in [-0.1, -0.05) is 6.07 Å². The molecule has 6 nitrogen and oxygen atoms in total. The molecular formula is C17H22FN3O3. The van der Waals surface area contributed by atoms with Crippen LogP contribution >= 0.6 is 0 Å². The Bertz CT molecular complexity index is 630. The number of methoxy groups -OCH3 is 1. The fourth-order valence-corrected chi connectivity index (χ4v) is 3.37. The summed E-state index contributed by atoms with van der Waals surface area (Å²) < 4.78 is 18.6. The molecule has 1 aromatic carbocycles. The third kappa shape index (κ3) is 3.44. The molecule has 1 N–H and O–H groups in total. The Hall–Kier alpha value is -2.31. The highest BCUT2D eigenvalue weighted by Gasteiger charge is 2.31. The molecule has 0 bridgehead atoms. The summed E-state index contributed by atoms with van der Waals surface area (Å²) in [7, 11) is 1.41. The Morgan fingerprint density at radius 2 is 2.08 bits per heavy atom. The third-order valence-electron chi connectivity index (χ3n) is 4.72.